The fourth-order valence-corrected chi connectivity index (χ4v) is 11.0. The van der Waals surface area contributed by atoms with E-state index < -0.39 is 10.8 Å². The van der Waals surface area contributed by atoms with Gasteiger partial charge in [-0.15, -0.1) is 0 Å². The van der Waals surface area contributed by atoms with Crippen molar-refractivity contribution in [3.05, 3.63) is 294 Å². The summed E-state index contributed by atoms with van der Waals surface area (Å²) in [5, 5.41) is 2.19. The first kappa shape index (κ1) is 39.1. The Hall–Kier alpha value is -8.53. The summed E-state index contributed by atoms with van der Waals surface area (Å²) < 4.78 is 0. The standard InChI is InChI=1S/C63H43N3/c1-7-23-44(24-8-1)59-64-60(45-25-9-2-10-26-45)66-61(65-59)56-39-22-37-52-51(36-21-38-53(52)56)46-41-42-55-54-35-19-20-40-57(54)62(47-27-11-3-12-28-47,48-29-13-4-14-30-48)63(58(55)43-46,49-31-15-5-16-32-49)50-33-17-6-18-34-50/h1-43H. The molecule has 1 aromatic heterocycles. The third-order valence-corrected chi connectivity index (χ3v) is 13.6. The smallest absolute Gasteiger partial charge is 0.164 e. The van der Waals surface area contributed by atoms with Gasteiger partial charge < -0.3 is 0 Å². The van der Waals surface area contributed by atoms with Crippen molar-refractivity contribution < 1.29 is 0 Å². The number of rotatable bonds is 8. The van der Waals surface area contributed by atoms with Crippen LogP contribution in [0.3, 0.4) is 0 Å². The number of hydrogen-bond acceptors (Lipinski definition) is 3. The highest BCUT2D eigenvalue weighted by molar-refractivity contribution is 6.04. The van der Waals surface area contributed by atoms with Crippen LogP contribution in [0.4, 0.5) is 0 Å². The van der Waals surface area contributed by atoms with E-state index in [-0.39, 0.29) is 0 Å². The first-order valence-electron chi connectivity index (χ1n) is 22.6. The number of benzene rings is 10. The molecule has 0 fully saturated rings. The van der Waals surface area contributed by atoms with Crippen LogP contribution in [0.1, 0.15) is 33.4 Å². The van der Waals surface area contributed by atoms with E-state index in [1.54, 1.807) is 0 Å². The molecule has 1 aliphatic rings. The quantitative estimate of drug-likeness (QED) is 0.153. The van der Waals surface area contributed by atoms with Crippen LogP contribution in [0.15, 0.2) is 261 Å². The highest BCUT2D eigenvalue weighted by atomic mass is 15.0. The second-order valence-electron chi connectivity index (χ2n) is 17.0. The van der Waals surface area contributed by atoms with Crippen molar-refractivity contribution in [1.82, 2.24) is 15.0 Å². The molecule has 0 radical (unpaired) electrons. The predicted molar refractivity (Wildman–Crippen MR) is 270 cm³/mol. The zero-order chi connectivity index (χ0) is 43.9. The van der Waals surface area contributed by atoms with Crippen molar-refractivity contribution in [3.63, 3.8) is 0 Å². The largest absolute Gasteiger partial charge is 0.208 e. The molecule has 66 heavy (non-hydrogen) atoms. The molecule has 0 bridgehead atoms. The second-order valence-corrected chi connectivity index (χ2v) is 17.0. The maximum absolute atomic E-state index is 5.17. The van der Waals surface area contributed by atoms with Gasteiger partial charge in [-0.25, -0.2) is 15.0 Å². The van der Waals surface area contributed by atoms with E-state index in [4.69, 9.17) is 15.0 Å². The Labute approximate surface area is 385 Å². The van der Waals surface area contributed by atoms with Crippen LogP contribution in [-0.4, -0.2) is 15.0 Å². The molecule has 0 amide bonds. The maximum atomic E-state index is 5.17. The Morgan fingerprint density at radius 3 is 1.09 bits per heavy atom. The molecular formula is C63H43N3. The van der Waals surface area contributed by atoms with Crippen LogP contribution in [0, 0.1) is 0 Å². The van der Waals surface area contributed by atoms with Gasteiger partial charge in [-0.2, -0.15) is 0 Å². The summed E-state index contributed by atoms with van der Waals surface area (Å²) >= 11 is 0. The Morgan fingerprint density at radius 2 is 0.591 bits per heavy atom. The highest BCUT2D eigenvalue weighted by Gasteiger charge is 2.61. The molecule has 10 aromatic carbocycles. The van der Waals surface area contributed by atoms with Crippen LogP contribution in [0.2, 0.25) is 0 Å². The lowest BCUT2D eigenvalue weighted by molar-refractivity contribution is 0.415. The Bertz CT molecular complexity index is 3370. The van der Waals surface area contributed by atoms with Gasteiger partial charge in [0, 0.05) is 16.7 Å². The van der Waals surface area contributed by atoms with Crippen molar-refractivity contribution in [1.29, 1.82) is 0 Å². The minimum absolute atomic E-state index is 0.634. The van der Waals surface area contributed by atoms with Gasteiger partial charge >= 0.3 is 0 Å². The highest BCUT2D eigenvalue weighted by Crippen LogP contribution is 2.65. The maximum Gasteiger partial charge on any atom is 0.164 e. The molecule has 0 atom stereocenters. The molecule has 1 heterocycles. The van der Waals surface area contributed by atoms with Gasteiger partial charge in [0.1, 0.15) is 0 Å². The van der Waals surface area contributed by atoms with Gasteiger partial charge in [-0.05, 0) is 72.5 Å². The van der Waals surface area contributed by atoms with Gasteiger partial charge in [0.2, 0.25) is 0 Å². The average Bonchev–Trinajstić information content (AvgIpc) is 3.41. The predicted octanol–water partition coefficient (Wildman–Crippen LogP) is 15.0. The Kier molecular flexibility index (Phi) is 9.61. The van der Waals surface area contributed by atoms with Gasteiger partial charge in [0.15, 0.2) is 17.5 Å². The molecule has 0 aliphatic heterocycles. The van der Waals surface area contributed by atoms with Gasteiger partial charge in [-0.1, -0.05) is 255 Å². The molecular weight excluding hydrogens is 799 g/mol. The molecule has 310 valence electrons. The van der Waals surface area contributed by atoms with Crippen molar-refractivity contribution in [3.8, 4) is 56.4 Å². The number of nitrogens with zero attached hydrogens (tertiary/aromatic N) is 3. The summed E-state index contributed by atoms with van der Waals surface area (Å²) in [5.41, 5.74) is 13.5. The molecule has 0 unspecified atom stereocenters. The summed E-state index contributed by atoms with van der Waals surface area (Å²) in [4.78, 5) is 15.3. The molecule has 3 heteroatoms. The Balaban J connectivity index is 1.16. The molecule has 0 saturated carbocycles. The van der Waals surface area contributed by atoms with Crippen LogP contribution >= 0.6 is 0 Å². The Morgan fingerprint density at radius 1 is 0.227 bits per heavy atom. The van der Waals surface area contributed by atoms with E-state index in [0.717, 1.165) is 38.6 Å². The zero-order valence-corrected chi connectivity index (χ0v) is 36.2. The number of hydrogen-bond donors (Lipinski definition) is 0. The van der Waals surface area contributed by atoms with Crippen LogP contribution < -0.4 is 0 Å². The molecule has 3 nitrogen and oxygen atoms in total. The molecule has 0 N–H and O–H groups in total. The normalized spacial score (nSPS) is 13.4. The SMILES string of the molecule is c1ccc(-c2nc(-c3ccccc3)nc(-c3cccc4c(-c5ccc6c(c5)C(c5ccccc5)(c5ccccc5)C(c5ccccc5)(c5ccccc5)c5ccccc5-6)cccc34)n2)cc1. The summed E-state index contributed by atoms with van der Waals surface area (Å²) in [7, 11) is 0. The van der Waals surface area contributed by atoms with Crippen LogP contribution in [0.5, 0.6) is 0 Å². The van der Waals surface area contributed by atoms with Gasteiger partial charge in [0.25, 0.3) is 0 Å². The third-order valence-electron chi connectivity index (χ3n) is 13.6. The fourth-order valence-electron chi connectivity index (χ4n) is 11.0. The van der Waals surface area contributed by atoms with Crippen molar-refractivity contribution in [2.75, 3.05) is 0 Å². The molecule has 0 spiro atoms. The zero-order valence-electron chi connectivity index (χ0n) is 36.2. The first-order chi connectivity index (χ1) is 32.7. The number of fused-ring (bicyclic) bond motifs is 4. The summed E-state index contributed by atoms with van der Waals surface area (Å²) in [6.45, 7) is 0. The third kappa shape index (κ3) is 6.08. The van der Waals surface area contributed by atoms with Crippen LogP contribution in [0.25, 0.3) is 67.2 Å². The molecule has 12 rings (SSSR count). The van der Waals surface area contributed by atoms with Crippen molar-refractivity contribution in [2.24, 2.45) is 0 Å². The lowest BCUT2D eigenvalue weighted by Gasteiger charge is -2.57. The minimum Gasteiger partial charge on any atom is -0.208 e. The molecule has 11 aromatic rings. The van der Waals surface area contributed by atoms with E-state index in [1.807, 2.05) is 36.4 Å². The summed E-state index contributed by atoms with van der Waals surface area (Å²) in [5.74, 6) is 1.91. The van der Waals surface area contributed by atoms with E-state index in [9.17, 15) is 0 Å². The van der Waals surface area contributed by atoms with Crippen molar-refractivity contribution >= 4 is 10.8 Å². The number of aromatic nitrogens is 3. The van der Waals surface area contributed by atoms with Crippen LogP contribution in [-0.2, 0) is 10.8 Å². The van der Waals surface area contributed by atoms with Gasteiger partial charge in [0.05, 0.1) is 10.8 Å². The molecule has 0 saturated heterocycles. The van der Waals surface area contributed by atoms with Gasteiger partial charge in [-0.3, -0.25) is 0 Å². The van der Waals surface area contributed by atoms with Crippen molar-refractivity contribution in [2.45, 2.75) is 10.8 Å². The average molecular weight is 842 g/mol. The first-order valence-corrected chi connectivity index (χ1v) is 22.6. The lowest BCUT2D eigenvalue weighted by Crippen LogP contribution is -2.54. The van der Waals surface area contributed by atoms with E-state index in [2.05, 4.69) is 224 Å². The van der Waals surface area contributed by atoms with E-state index in [0.29, 0.717) is 17.5 Å². The summed E-state index contributed by atoms with van der Waals surface area (Å²) in [6, 6.07) is 94.6. The molecule has 1 aliphatic carbocycles. The second kappa shape index (κ2) is 16.2. The fraction of sp³-hybridized carbons (Fsp3) is 0.0317. The summed E-state index contributed by atoms with van der Waals surface area (Å²) in [6.07, 6.45) is 0. The minimum atomic E-state index is -0.750. The van der Waals surface area contributed by atoms with E-state index >= 15 is 0 Å². The lowest BCUT2D eigenvalue weighted by atomic mass is 9.43. The topological polar surface area (TPSA) is 38.7 Å². The monoisotopic (exact) mass is 841 g/mol. The van der Waals surface area contributed by atoms with E-state index in [1.165, 1.54) is 44.5 Å².